The summed E-state index contributed by atoms with van der Waals surface area (Å²) in [5.74, 6) is -0.709. The number of rotatable bonds is 11. The number of aromatic nitrogens is 7. The van der Waals surface area contributed by atoms with E-state index in [4.69, 9.17) is 14.4 Å². The van der Waals surface area contributed by atoms with Crippen LogP contribution in [0.1, 0.15) is 116 Å². The SMILES string of the molecule is C=P(CC)(CC)c1cc(F)c(-n2ccn(-c3c4c(nn3-c3cc(C)c(F)c(C)c3)CCN(C(=O)c3cc5cc(C6CCOCC6)ccc5n3[C@@]3(c5noc(=O)[nH]5)C[C@@H]3C)[C@H]4C)c2=O)cc1CC. The van der Waals surface area contributed by atoms with E-state index in [9.17, 15) is 9.59 Å². The fourth-order valence-corrected chi connectivity index (χ4v) is 13.4. The van der Waals surface area contributed by atoms with E-state index in [-0.39, 0.29) is 23.3 Å². The highest BCUT2D eigenvalue weighted by molar-refractivity contribution is 7.80. The van der Waals surface area contributed by atoms with Gasteiger partial charge in [-0.15, -0.1) is 0 Å². The summed E-state index contributed by atoms with van der Waals surface area (Å²) in [5.41, 5.74) is 4.83. The number of nitrogens with one attached hydrogen (secondary N) is 1. The van der Waals surface area contributed by atoms with Gasteiger partial charge in [0, 0.05) is 55.0 Å². The normalized spacial score (nSPS) is 19.9. The summed E-state index contributed by atoms with van der Waals surface area (Å²) in [4.78, 5) is 47.5. The van der Waals surface area contributed by atoms with Crippen molar-refractivity contribution in [3.63, 3.8) is 0 Å². The maximum atomic E-state index is 16.4. The second kappa shape index (κ2) is 16.6. The molecule has 6 heterocycles. The van der Waals surface area contributed by atoms with E-state index in [0.29, 0.717) is 90.3 Å². The van der Waals surface area contributed by atoms with Crippen molar-refractivity contribution in [1.29, 1.82) is 0 Å². The predicted molar refractivity (Wildman–Crippen MR) is 258 cm³/mol. The van der Waals surface area contributed by atoms with Gasteiger partial charge in [-0.3, -0.25) is 23.4 Å². The Balaban J connectivity index is 1.12. The maximum absolute atomic E-state index is 16.4. The Morgan fingerprint density at radius 1 is 0.970 bits per heavy atom. The molecule has 4 aromatic heterocycles. The van der Waals surface area contributed by atoms with Crippen LogP contribution in [0.2, 0.25) is 0 Å². The van der Waals surface area contributed by atoms with Crippen LogP contribution in [0.25, 0.3) is 28.1 Å². The van der Waals surface area contributed by atoms with Gasteiger partial charge in [-0.1, -0.05) is 52.1 Å². The first-order chi connectivity index (χ1) is 32.1. The molecule has 0 radical (unpaired) electrons. The molecule has 1 saturated carbocycles. The lowest BCUT2D eigenvalue weighted by Gasteiger charge is -2.34. The summed E-state index contributed by atoms with van der Waals surface area (Å²) in [6.07, 6.45) is 12.8. The molecule has 350 valence electrons. The largest absolute Gasteiger partial charge is 0.438 e. The molecule has 0 spiro atoms. The van der Waals surface area contributed by atoms with Crippen LogP contribution in [0, 0.1) is 31.4 Å². The molecule has 7 aromatic rings. The van der Waals surface area contributed by atoms with E-state index >= 15 is 13.6 Å². The highest BCUT2D eigenvalue weighted by Gasteiger charge is 2.59. The molecule has 1 aliphatic carbocycles. The quantitative estimate of drug-likeness (QED) is 0.129. The van der Waals surface area contributed by atoms with Gasteiger partial charge in [-0.25, -0.2) is 23.1 Å². The van der Waals surface area contributed by atoms with Crippen LogP contribution >= 0.6 is 6.89 Å². The molecule has 67 heavy (non-hydrogen) atoms. The van der Waals surface area contributed by atoms with E-state index in [0.717, 1.165) is 46.9 Å². The van der Waals surface area contributed by atoms with E-state index in [2.05, 4.69) is 55.4 Å². The Morgan fingerprint density at radius 3 is 2.31 bits per heavy atom. The van der Waals surface area contributed by atoms with Crippen molar-refractivity contribution in [2.24, 2.45) is 5.92 Å². The van der Waals surface area contributed by atoms with Crippen LogP contribution in [0.3, 0.4) is 0 Å². The first-order valence-corrected chi connectivity index (χ1v) is 25.8. The van der Waals surface area contributed by atoms with Crippen molar-refractivity contribution in [3.8, 4) is 17.2 Å². The van der Waals surface area contributed by atoms with Gasteiger partial charge in [0.25, 0.3) is 5.91 Å². The van der Waals surface area contributed by atoms with Crippen LogP contribution in [0.5, 0.6) is 0 Å². The van der Waals surface area contributed by atoms with E-state index in [1.165, 1.54) is 14.7 Å². The number of aryl methyl sites for hydroxylation is 3. The van der Waals surface area contributed by atoms with Crippen molar-refractivity contribution in [2.75, 3.05) is 32.1 Å². The molecule has 10 rings (SSSR count). The Bertz CT molecular complexity index is 3260. The first-order valence-electron chi connectivity index (χ1n) is 23.5. The molecule has 1 saturated heterocycles. The number of aromatic amines is 1. The van der Waals surface area contributed by atoms with E-state index in [1.807, 2.05) is 24.5 Å². The molecular formula is C51H57F2N8O5P. The molecule has 3 aromatic carbocycles. The number of halogens is 2. The summed E-state index contributed by atoms with van der Waals surface area (Å²) in [6, 6.07) is 14.4. The Hall–Kier alpha value is -6.05. The second-order valence-corrected chi connectivity index (χ2v) is 22.9. The summed E-state index contributed by atoms with van der Waals surface area (Å²) >= 11 is 0. The van der Waals surface area contributed by atoms with Gasteiger partial charge in [0.1, 0.15) is 28.7 Å². The highest BCUT2D eigenvalue weighted by Crippen LogP contribution is 2.56. The number of hydrogen-bond donors (Lipinski definition) is 1. The maximum Gasteiger partial charge on any atom is 0.438 e. The molecule has 1 N–H and O–H groups in total. The number of H-pyrrole nitrogens is 1. The predicted octanol–water partition coefficient (Wildman–Crippen LogP) is 8.45. The summed E-state index contributed by atoms with van der Waals surface area (Å²) < 4.78 is 48.8. The minimum absolute atomic E-state index is 0.00917. The number of amides is 1. The number of benzene rings is 3. The van der Waals surface area contributed by atoms with Crippen molar-refractivity contribution in [1.82, 2.24) is 38.5 Å². The van der Waals surface area contributed by atoms with Crippen molar-refractivity contribution in [3.05, 3.63) is 139 Å². The number of fused-ring (bicyclic) bond motifs is 2. The fraction of sp³-hybridized carbons (Fsp3) is 0.412. The molecule has 16 heteroatoms. The third-order valence-electron chi connectivity index (χ3n) is 15.1. The Morgan fingerprint density at radius 2 is 1.67 bits per heavy atom. The molecule has 3 aliphatic rings. The van der Waals surface area contributed by atoms with Gasteiger partial charge in [0.05, 0.1) is 23.1 Å². The monoisotopic (exact) mass is 930 g/mol. The molecule has 2 aliphatic heterocycles. The first kappa shape index (κ1) is 44.8. The minimum Gasteiger partial charge on any atom is -0.381 e. The molecule has 0 unspecified atom stereocenters. The number of carbonyl (C=O) groups excluding carboxylic acids is 1. The average molecular weight is 931 g/mol. The zero-order valence-electron chi connectivity index (χ0n) is 39.2. The molecule has 0 bridgehead atoms. The number of hydrogen-bond acceptors (Lipinski definition) is 7. The zero-order chi connectivity index (χ0) is 47.3. The summed E-state index contributed by atoms with van der Waals surface area (Å²) in [5, 5.41) is 11.1. The molecule has 1 amide bonds. The van der Waals surface area contributed by atoms with Crippen molar-refractivity contribution in [2.45, 2.75) is 98.1 Å². The van der Waals surface area contributed by atoms with Crippen molar-refractivity contribution < 1.29 is 22.8 Å². The third-order valence-corrected chi connectivity index (χ3v) is 19.0. The third kappa shape index (κ3) is 7.05. The van der Waals surface area contributed by atoms with Crippen LogP contribution in [0.15, 0.2) is 75.0 Å². The smallest absolute Gasteiger partial charge is 0.381 e. The van der Waals surface area contributed by atoms with Gasteiger partial charge in [-0.2, -0.15) is 5.10 Å². The average Bonchev–Trinajstić information content (AvgIpc) is 3.82. The van der Waals surface area contributed by atoms with Gasteiger partial charge >= 0.3 is 11.4 Å². The van der Waals surface area contributed by atoms with Crippen molar-refractivity contribution >= 4 is 35.3 Å². The summed E-state index contributed by atoms with van der Waals surface area (Å²) in [6.45, 7) is 13.4. The molecule has 3 atom stereocenters. The topological polar surface area (TPSA) is 138 Å². The lowest BCUT2D eigenvalue weighted by molar-refractivity contribution is 0.0663. The zero-order valence-corrected chi connectivity index (χ0v) is 40.1. The lowest BCUT2D eigenvalue weighted by Crippen LogP contribution is -2.41. The second-order valence-electron chi connectivity index (χ2n) is 18.8. The lowest BCUT2D eigenvalue weighted by atomic mass is 9.91. The summed E-state index contributed by atoms with van der Waals surface area (Å²) in [7, 11) is 0. The van der Waals surface area contributed by atoms with Crippen LogP contribution in [-0.4, -0.2) is 82.8 Å². The Kier molecular flexibility index (Phi) is 11.1. The van der Waals surface area contributed by atoms with Crippen LogP contribution < -0.4 is 16.8 Å². The standard InChI is InChI=1S/C51H57F2N8O5P/c1-9-33-25-41(38(52)27-43(33)67(8,10-2)11-3)58-18-19-59(50(58)64)46-44-32(7)57(17-14-39(44)55-61(46)37-22-29(4)45(53)30(5)23-37)47(62)42-26-36-24-35(34-15-20-65-21-16-34)12-13-40(36)60(42)51(28-31(51)6)48-54-49(63)66-56-48/h12-13,18-19,22-27,31-32,34H,8-11,14-17,20-21,28H2,1-7H3,(H,54,56,63)/t31-,32-,51-/m0/s1. The minimum atomic E-state index is -1.86. The molecule has 13 nitrogen and oxygen atoms in total. The number of carbonyl (C=O) groups is 1. The van der Waals surface area contributed by atoms with Gasteiger partial charge in [-0.05, 0) is 141 Å². The van der Waals surface area contributed by atoms with Gasteiger partial charge in [0.2, 0.25) is 0 Å². The number of ether oxygens (including phenoxy) is 1. The van der Waals surface area contributed by atoms with Gasteiger partial charge < -0.3 is 14.2 Å². The molecular weight excluding hydrogens is 874 g/mol. The molecule has 2 fully saturated rings. The Labute approximate surface area is 387 Å². The van der Waals surface area contributed by atoms with Gasteiger partial charge in [0.15, 0.2) is 5.82 Å². The number of imidazole rings is 1. The van der Waals surface area contributed by atoms with E-state index < -0.39 is 35.7 Å². The van der Waals surface area contributed by atoms with Crippen LogP contribution in [0.4, 0.5) is 8.78 Å². The fourth-order valence-electron chi connectivity index (χ4n) is 11.0. The highest BCUT2D eigenvalue weighted by atomic mass is 31.2. The van der Waals surface area contributed by atoms with E-state index in [1.54, 1.807) is 60.1 Å². The number of nitrogens with zero attached hydrogens (tertiary/aromatic N) is 7. The van der Waals surface area contributed by atoms with Crippen LogP contribution in [-0.2, 0) is 23.1 Å².